The van der Waals surface area contributed by atoms with Crippen molar-refractivity contribution in [3.8, 4) is 0 Å². The summed E-state index contributed by atoms with van der Waals surface area (Å²) in [5.74, 6) is -0.286. The quantitative estimate of drug-likeness (QED) is 0.907. The van der Waals surface area contributed by atoms with E-state index in [1.54, 1.807) is 30.5 Å². The molecule has 0 aliphatic carbocycles. The van der Waals surface area contributed by atoms with E-state index in [9.17, 15) is 9.18 Å². The molecule has 24 heavy (non-hydrogen) atoms. The first-order valence-corrected chi connectivity index (χ1v) is 8.47. The van der Waals surface area contributed by atoms with Crippen LogP contribution in [-0.2, 0) is 0 Å². The number of benzene rings is 1. The summed E-state index contributed by atoms with van der Waals surface area (Å²) in [5.41, 5.74) is 1.98. The van der Waals surface area contributed by atoms with Gasteiger partial charge in [0.2, 0.25) is 0 Å². The number of carbonyl (C=O) groups is 1. The predicted molar refractivity (Wildman–Crippen MR) is 92.9 cm³/mol. The fraction of sp³-hybridized carbons (Fsp3) is 0.368. The third-order valence-electron chi connectivity index (χ3n) is 4.47. The molecule has 1 aliphatic rings. The van der Waals surface area contributed by atoms with Crippen LogP contribution in [-0.4, -0.2) is 28.4 Å². The van der Waals surface area contributed by atoms with Crippen molar-refractivity contribution in [2.45, 2.75) is 38.6 Å². The molecule has 2 heterocycles. The minimum atomic E-state index is -0.276. The monoisotopic (exact) mass is 327 g/mol. The van der Waals surface area contributed by atoms with E-state index in [2.05, 4.69) is 17.2 Å². The van der Waals surface area contributed by atoms with Crippen LogP contribution >= 0.6 is 0 Å². The van der Waals surface area contributed by atoms with Gasteiger partial charge in [-0.3, -0.25) is 9.78 Å². The van der Waals surface area contributed by atoms with E-state index in [0.717, 1.165) is 37.2 Å². The number of nitrogens with one attached hydrogen (secondary N) is 1. The topological polar surface area (TPSA) is 45.2 Å². The number of halogens is 1. The maximum Gasteiger partial charge on any atom is 0.272 e. The van der Waals surface area contributed by atoms with Crippen LogP contribution in [0.5, 0.6) is 0 Å². The molecule has 5 heteroatoms. The average Bonchev–Trinajstić information content (AvgIpc) is 2.63. The number of pyridine rings is 1. The van der Waals surface area contributed by atoms with E-state index in [1.165, 1.54) is 18.6 Å². The maximum atomic E-state index is 13.0. The predicted octanol–water partition coefficient (Wildman–Crippen LogP) is 4.37. The molecule has 1 N–H and O–H groups in total. The van der Waals surface area contributed by atoms with Crippen molar-refractivity contribution in [2.24, 2.45) is 0 Å². The molecule has 3 rings (SSSR count). The number of likely N-dealkylation sites (tertiary alicyclic amines) is 1. The van der Waals surface area contributed by atoms with Crippen LogP contribution in [0, 0.1) is 5.82 Å². The minimum Gasteiger partial charge on any atom is -0.355 e. The standard InChI is InChI=1S/C19H22FN3O/c1-2-17-5-3-4-12-23(17)19(24)18-13-16(10-11-21-18)22-15-8-6-14(20)7-9-15/h6-11,13,17H,2-5,12H2,1H3,(H,21,22). The molecule has 0 saturated carbocycles. The SMILES string of the molecule is CCC1CCCCN1C(=O)c1cc(Nc2ccc(F)cc2)ccn1. The molecule has 1 unspecified atom stereocenters. The Kier molecular flexibility index (Phi) is 5.08. The molecule has 1 fully saturated rings. The third kappa shape index (κ3) is 3.72. The number of aromatic nitrogens is 1. The van der Waals surface area contributed by atoms with Crippen LogP contribution in [0.25, 0.3) is 0 Å². The highest BCUT2D eigenvalue weighted by Crippen LogP contribution is 2.23. The van der Waals surface area contributed by atoms with Gasteiger partial charge in [-0.15, -0.1) is 0 Å². The Morgan fingerprint density at radius 1 is 1.25 bits per heavy atom. The Labute approximate surface area is 141 Å². The Bertz CT molecular complexity index is 702. The van der Waals surface area contributed by atoms with Gasteiger partial charge in [-0.05, 0) is 62.1 Å². The molecule has 0 bridgehead atoms. The van der Waals surface area contributed by atoms with Crippen molar-refractivity contribution in [3.63, 3.8) is 0 Å². The number of rotatable bonds is 4. The average molecular weight is 327 g/mol. The zero-order valence-corrected chi connectivity index (χ0v) is 13.8. The summed E-state index contributed by atoms with van der Waals surface area (Å²) < 4.78 is 13.0. The maximum absolute atomic E-state index is 13.0. The zero-order valence-electron chi connectivity index (χ0n) is 13.8. The smallest absolute Gasteiger partial charge is 0.272 e. The van der Waals surface area contributed by atoms with Gasteiger partial charge in [0, 0.05) is 30.2 Å². The van der Waals surface area contributed by atoms with Crippen LogP contribution in [0.1, 0.15) is 43.1 Å². The van der Waals surface area contributed by atoms with Gasteiger partial charge in [0.25, 0.3) is 5.91 Å². The lowest BCUT2D eigenvalue weighted by Crippen LogP contribution is -2.43. The minimum absolute atomic E-state index is 0.00990. The lowest BCUT2D eigenvalue weighted by atomic mass is 9.99. The second-order valence-corrected chi connectivity index (χ2v) is 6.12. The molecule has 126 valence electrons. The van der Waals surface area contributed by atoms with Crippen LogP contribution in [0.2, 0.25) is 0 Å². The van der Waals surface area contributed by atoms with Gasteiger partial charge < -0.3 is 10.2 Å². The molecule has 0 radical (unpaired) electrons. The number of piperidine rings is 1. The number of nitrogens with zero attached hydrogens (tertiary/aromatic N) is 2. The number of hydrogen-bond donors (Lipinski definition) is 1. The summed E-state index contributed by atoms with van der Waals surface area (Å²) in [6, 6.07) is 9.98. The number of carbonyl (C=O) groups excluding carboxylic acids is 1. The van der Waals surface area contributed by atoms with Gasteiger partial charge in [0.05, 0.1) is 0 Å². The van der Waals surface area contributed by atoms with E-state index in [4.69, 9.17) is 0 Å². The molecule has 2 aromatic rings. The molecule has 1 saturated heterocycles. The van der Waals surface area contributed by atoms with Crippen molar-refractivity contribution in [1.82, 2.24) is 9.88 Å². The third-order valence-corrected chi connectivity index (χ3v) is 4.47. The molecule has 0 spiro atoms. The highest BCUT2D eigenvalue weighted by molar-refractivity contribution is 5.93. The summed E-state index contributed by atoms with van der Waals surface area (Å²) in [4.78, 5) is 19.0. The van der Waals surface area contributed by atoms with Gasteiger partial charge in [0.1, 0.15) is 11.5 Å². The molecule has 1 aromatic carbocycles. The van der Waals surface area contributed by atoms with Crippen LogP contribution in [0.15, 0.2) is 42.6 Å². The summed E-state index contributed by atoms with van der Waals surface area (Å²) >= 11 is 0. The number of amides is 1. The lowest BCUT2D eigenvalue weighted by molar-refractivity contribution is 0.0602. The van der Waals surface area contributed by atoms with Crippen LogP contribution in [0.4, 0.5) is 15.8 Å². The second kappa shape index (κ2) is 7.43. The summed E-state index contributed by atoms with van der Waals surface area (Å²) in [7, 11) is 0. The Hall–Kier alpha value is -2.43. The Balaban J connectivity index is 1.76. The number of anilines is 2. The van der Waals surface area contributed by atoms with Crippen LogP contribution in [0.3, 0.4) is 0 Å². The number of hydrogen-bond acceptors (Lipinski definition) is 3. The van der Waals surface area contributed by atoms with Gasteiger partial charge >= 0.3 is 0 Å². The van der Waals surface area contributed by atoms with E-state index >= 15 is 0 Å². The van der Waals surface area contributed by atoms with E-state index < -0.39 is 0 Å². The molecular formula is C19H22FN3O. The molecule has 4 nitrogen and oxygen atoms in total. The van der Waals surface area contributed by atoms with Gasteiger partial charge in [-0.1, -0.05) is 6.92 Å². The Morgan fingerprint density at radius 2 is 2.04 bits per heavy atom. The van der Waals surface area contributed by atoms with E-state index in [0.29, 0.717) is 11.7 Å². The molecule has 1 amide bonds. The highest BCUT2D eigenvalue weighted by atomic mass is 19.1. The van der Waals surface area contributed by atoms with E-state index in [1.807, 2.05) is 4.90 Å². The largest absolute Gasteiger partial charge is 0.355 e. The van der Waals surface area contributed by atoms with Gasteiger partial charge in [-0.2, -0.15) is 0 Å². The first-order chi connectivity index (χ1) is 11.7. The lowest BCUT2D eigenvalue weighted by Gasteiger charge is -2.35. The zero-order chi connectivity index (χ0) is 16.9. The van der Waals surface area contributed by atoms with Gasteiger partial charge in [0.15, 0.2) is 0 Å². The van der Waals surface area contributed by atoms with Crippen molar-refractivity contribution >= 4 is 17.3 Å². The molecule has 1 aliphatic heterocycles. The van der Waals surface area contributed by atoms with Crippen LogP contribution < -0.4 is 5.32 Å². The molecule has 1 aromatic heterocycles. The van der Waals surface area contributed by atoms with Crippen molar-refractivity contribution < 1.29 is 9.18 Å². The Morgan fingerprint density at radius 3 is 2.79 bits per heavy atom. The van der Waals surface area contributed by atoms with Crippen molar-refractivity contribution in [3.05, 3.63) is 54.1 Å². The molecular weight excluding hydrogens is 305 g/mol. The highest BCUT2D eigenvalue weighted by Gasteiger charge is 2.26. The van der Waals surface area contributed by atoms with Gasteiger partial charge in [-0.25, -0.2) is 4.39 Å². The fourth-order valence-corrected chi connectivity index (χ4v) is 3.16. The summed E-state index contributed by atoms with van der Waals surface area (Å²) in [5, 5.41) is 3.18. The van der Waals surface area contributed by atoms with E-state index in [-0.39, 0.29) is 11.7 Å². The van der Waals surface area contributed by atoms with Crippen molar-refractivity contribution in [2.75, 3.05) is 11.9 Å². The molecule has 1 atom stereocenters. The normalized spacial score (nSPS) is 17.6. The summed E-state index contributed by atoms with van der Waals surface area (Å²) in [6.07, 6.45) is 5.90. The second-order valence-electron chi connectivity index (χ2n) is 6.12. The first kappa shape index (κ1) is 16.4. The van der Waals surface area contributed by atoms with Crippen molar-refractivity contribution in [1.29, 1.82) is 0 Å². The summed E-state index contributed by atoms with van der Waals surface area (Å²) in [6.45, 7) is 2.92. The first-order valence-electron chi connectivity index (χ1n) is 8.47. The fourth-order valence-electron chi connectivity index (χ4n) is 3.16.